The maximum atomic E-state index is 10.9. The summed E-state index contributed by atoms with van der Waals surface area (Å²) in [5.74, 6) is -0.111. The van der Waals surface area contributed by atoms with Crippen LogP contribution in [0.25, 0.3) is 11.0 Å². The Morgan fingerprint density at radius 3 is 2.79 bits per heavy atom. The molecule has 19 heavy (non-hydrogen) atoms. The highest BCUT2D eigenvalue weighted by Crippen LogP contribution is 2.11. The van der Waals surface area contributed by atoms with E-state index >= 15 is 0 Å². The Balaban J connectivity index is 0.00000162. The lowest BCUT2D eigenvalue weighted by Crippen LogP contribution is -2.31. The first-order valence-corrected chi connectivity index (χ1v) is 5.68. The zero-order valence-electron chi connectivity index (χ0n) is 10.4. The maximum Gasteiger partial charge on any atom is 0.233 e. The summed E-state index contributed by atoms with van der Waals surface area (Å²) in [6.45, 7) is 1.53. The number of imidazole rings is 1. The summed E-state index contributed by atoms with van der Waals surface area (Å²) in [5, 5.41) is 2.75. The van der Waals surface area contributed by atoms with Gasteiger partial charge in [0.2, 0.25) is 5.91 Å². The second-order valence-corrected chi connectivity index (χ2v) is 3.83. The zero-order chi connectivity index (χ0) is 12.1. The van der Waals surface area contributed by atoms with Crippen molar-refractivity contribution in [1.29, 1.82) is 0 Å². The third-order valence-corrected chi connectivity index (χ3v) is 2.61. The number of hydrogen-bond acceptors (Lipinski definition) is 3. The molecule has 2 rings (SSSR count). The van der Waals surface area contributed by atoms with Gasteiger partial charge in [-0.25, -0.2) is 4.98 Å². The van der Waals surface area contributed by atoms with Gasteiger partial charge in [-0.05, 0) is 18.6 Å². The normalized spacial score (nSPS) is 9.53. The van der Waals surface area contributed by atoms with E-state index in [9.17, 15) is 4.79 Å². The van der Waals surface area contributed by atoms with Crippen molar-refractivity contribution in [2.75, 3.05) is 13.1 Å². The van der Waals surface area contributed by atoms with Crippen LogP contribution in [0.5, 0.6) is 0 Å². The number of nitrogens with zero attached hydrogens (tertiary/aromatic N) is 2. The highest BCUT2D eigenvalue weighted by atomic mass is 35.5. The van der Waals surface area contributed by atoms with Gasteiger partial charge in [-0.15, -0.1) is 24.8 Å². The van der Waals surface area contributed by atoms with Crippen LogP contribution in [0.2, 0.25) is 0 Å². The monoisotopic (exact) mass is 304 g/mol. The van der Waals surface area contributed by atoms with Gasteiger partial charge in [0.25, 0.3) is 0 Å². The Kier molecular flexibility index (Phi) is 8.14. The van der Waals surface area contributed by atoms with E-state index in [1.807, 2.05) is 30.6 Å². The van der Waals surface area contributed by atoms with Gasteiger partial charge in [0.1, 0.15) is 0 Å². The van der Waals surface area contributed by atoms with Gasteiger partial charge in [0.05, 0.1) is 23.9 Å². The number of carbonyl (C=O) groups is 1. The molecule has 1 aromatic heterocycles. The summed E-state index contributed by atoms with van der Waals surface area (Å²) in [4.78, 5) is 15.2. The SMILES string of the molecule is Cl.Cl.NCC(=O)NCCCn1cnc2ccccc21. The molecule has 3 N–H and O–H groups in total. The van der Waals surface area contributed by atoms with Crippen molar-refractivity contribution in [3.63, 3.8) is 0 Å². The summed E-state index contributed by atoms with van der Waals surface area (Å²) in [6, 6.07) is 8.00. The molecule has 0 aliphatic rings. The minimum absolute atomic E-state index is 0. The summed E-state index contributed by atoms with van der Waals surface area (Å²) >= 11 is 0. The summed E-state index contributed by atoms with van der Waals surface area (Å²) in [5.41, 5.74) is 7.32. The van der Waals surface area contributed by atoms with Crippen LogP contribution in [0.15, 0.2) is 30.6 Å². The summed E-state index contributed by atoms with van der Waals surface area (Å²) in [6.07, 6.45) is 2.70. The first-order chi connectivity index (χ1) is 8.31. The molecule has 1 amide bonds. The molecular formula is C12H18Cl2N4O. The van der Waals surface area contributed by atoms with Gasteiger partial charge in [-0.1, -0.05) is 12.1 Å². The van der Waals surface area contributed by atoms with Crippen LogP contribution in [0.3, 0.4) is 0 Å². The second kappa shape index (κ2) is 8.74. The zero-order valence-corrected chi connectivity index (χ0v) is 12.0. The van der Waals surface area contributed by atoms with Crippen LogP contribution >= 0.6 is 24.8 Å². The van der Waals surface area contributed by atoms with E-state index in [1.165, 1.54) is 0 Å². The van der Waals surface area contributed by atoms with Crippen LogP contribution in [0, 0.1) is 0 Å². The van der Waals surface area contributed by atoms with Crippen molar-refractivity contribution < 1.29 is 4.79 Å². The second-order valence-electron chi connectivity index (χ2n) is 3.83. The van der Waals surface area contributed by atoms with Crippen molar-refractivity contribution in [1.82, 2.24) is 14.9 Å². The lowest BCUT2D eigenvalue weighted by Gasteiger charge is -2.05. The third kappa shape index (κ3) is 4.70. The smallest absolute Gasteiger partial charge is 0.233 e. The van der Waals surface area contributed by atoms with Crippen molar-refractivity contribution in [2.24, 2.45) is 5.73 Å². The summed E-state index contributed by atoms with van der Waals surface area (Å²) in [7, 11) is 0. The van der Waals surface area contributed by atoms with Crippen molar-refractivity contribution in [3.05, 3.63) is 30.6 Å². The average molecular weight is 305 g/mol. The predicted octanol–water partition coefficient (Wildman–Crippen LogP) is 1.34. The van der Waals surface area contributed by atoms with Gasteiger partial charge in [0, 0.05) is 13.1 Å². The number of para-hydroxylation sites is 2. The topological polar surface area (TPSA) is 72.9 Å². The molecule has 106 valence electrons. The molecule has 0 bridgehead atoms. The Bertz CT molecular complexity index is 515. The average Bonchev–Trinajstić information content (AvgIpc) is 2.78. The molecular weight excluding hydrogens is 287 g/mol. The number of fused-ring (bicyclic) bond motifs is 1. The van der Waals surface area contributed by atoms with E-state index in [4.69, 9.17) is 5.73 Å². The first kappa shape index (κ1) is 17.7. The number of carbonyl (C=O) groups excluding carboxylic acids is 1. The lowest BCUT2D eigenvalue weighted by molar-refractivity contribution is -0.119. The van der Waals surface area contributed by atoms with Gasteiger partial charge in [0.15, 0.2) is 0 Å². The Hall–Kier alpha value is -1.30. The molecule has 0 atom stereocenters. The van der Waals surface area contributed by atoms with Gasteiger partial charge < -0.3 is 15.6 Å². The molecule has 1 aromatic carbocycles. The van der Waals surface area contributed by atoms with Crippen molar-refractivity contribution in [3.8, 4) is 0 Å². The van der Waals surface area contributed by atoms with Gasteiger partial charge in [-0.3, -0.25) is 4.79 Å². The minimum atomic E-state index is -0.111. The fourth-order valence-electron chi connectivity index (χ4n) is 1.74. The molecule has 0 saturated heterocycles. The Morgan fingerprint density at radius 2 is 2.05 bits per heavy atom. The molecule has 5 nitrogen and oxygen atoms in total. The fraction of sp³-hybridized carbons (Fsp3) is 0.333. The number of benzene rings is 1. The maximum absolute atomic E-state index is 10.9. The highest BCUT2D eigenvalue weighted by molar-refractivity contribution is 5.85. The van der Waals surface area contributed by atoms with Crippen LogP contribution < -0.4 is 11.1 Å². The summed E-state index contributed by atoms with van der Waals surface area (Å²) < 4.78 is 2.09. The number of nitrogens with one attached hydrogen (secondary N) is 1. The molecule has 1 heterocycles. The number of nitrogens with two attached hydrogens (primary N) is 1. The number of amides is 1. The number of hydrogen-bond donors (Lipinski definition) is 2. The first-order valence-electron chi connectivity index (χ1n) is 5.68. The van der Waals surface area contributed by atoms with E-state index in [-0.39, 0.29) is 37.3 Å². The van der Waals surface area contributed by atoms with Crippen LogP contribution in [0.1, 0.15) is 6.42 Å². The molecule has 0 radical (unpaired) electrons. The third-order valence-electron chi connectivity index (χ3n) is 2.61. The van der Waals surface area contributed by atoms with Crippen LogP contribution in [-0.2, 0) is 11.3 Å². The van der Waals surface area contributed by atoms with E-state index in [2.05, 4.69) is 14.9 Å². The van der Waals surface area contributed by atoms with Crippen molar-refractivity contribution >= 4 is 41.8 Å². The molecule has 0 aliphatic heterocycles. The molecule has 0 fully saturated rings. The molecule has 0 aliphatic carbocycles. The molecule has 7 heteroatoms. The molecule has 0 unspecified atom stereocenters. The van der Waals surface area contributed by atoms with Crippen molar-refractivity contribution in [2.45, 2.75) is 13.0 Å². The van der Waals surface area contributed by atoms with E-state index in [0.717, 1.165) is 24.0 Å². The van der Waals surface area contributed by atoms with Crippen LogP contribution in [-0.4, -0.2) is 28.5 Å². The predicted molar refractivity (Wildman–Crippen MR) is 80.9 cm³/mol. The standard InChI is InChI=1S/C12H16N4O.2ClH/c13-8-12(17)14-6-3-7-16-9-15-10-4-1-2-5-11(10)16;;/h1-2,4-5,9H,3,6-8,13H2,(H,14,17);2*1H. The molecule has 0 saturated carbocycles. The van der Waals surface area contributed by atoms with Crippen LogP contribution in [0.4, 0.5) is 0 Å². The van der Waals surface area contributed by atoms with Gasteiger partial charge in [-0.2, -0.15) is 0 Å². The van der Waals surface area contributed by atoms with E-state index in [1.54, 1.807) is 0 Å². The number of halogens is 2. The molecule has 0 spiro atoms. The molecule has 2 aromatic rings. The minimum Gasteiger partial charge on any atom is -0.355 e. The van der Waals surface area contributed by atoms with E-state index in [0.29, 0.717) is 6.54 Å². The fourth-order valence-corrected chi connectivity index (χ4v) is 1.74. The quantitative estimate of drug-likeness (QED) is 0.819. The van der Waals surface area contributed by atoms with E-state index < -0.39 is 0 Å². The number of aryl methyl sites for hydroxylation is 1. The lowest BCUT2D eigenvalue weighted by atomic mass is 10.3. The number of rotatable bonds is 5. The number of aromatic nitrogens is 2. The largest absolute Gasteiger partial charge is 0.355 e. The Morgan fingerprint density at radius 1 is 1.32 bits per heavy atom. The Labute approximate surface area is 124 Å². The van der Waals surface area contributed by atoms with Gasteiger partial charge >= 0.3 is 0 Å². The highest BCUT2D eigenvalue weighted by Gasteiger charge is 2.01.